The van der Waals surface area contributed by atoms with Gasteiger partial charge in [-0.05, 0) is 0 Å². The SMILES string of the molecule is N[C@@H](C(=O)C1O[C@H](CO)[C@H](O)[C@H](O)[C@H]1O)[C@@H](O)[C@H](O)[C@H](O)CO. The van der Waals surface area contributed by atoms with Gasteiger partial charge >= 0.3 is 0 Å². The maximum atomic E-state index is 12.2. The van der Waals surface area contributed by atoms with Crippen LogP contribution in [0.15, 0.2) is 0 Å². The average molecular weight is 341 g/mol. The predicted octanol–water partition coefficient (Wildman–Crippen LogP) is -6.20. The van der Waals surface area contributed by atoms with E-state index >= 15 is 0 Å². The van der Waals surface area contributed by atoms with E-state index in [4.69, 9.17) is 20.7 Å². The first-order valence-corrected chi connectivity index (χ1v) is 6.92. The molecule has 136 valence electrons. The van der Waals surface area contributed by atoms with Gasteiger partial charge in [-0.1, -0.05) is 0 Å². The summed E-state index contributed by atoms with van der Waals surface area (Å²) in [5, 5.41) is 75.3. The van der Waals surface area contributed by atoms with Crippen molar-refractivity contribution in [1.82, 2.24) is 0 Å². The number of nitrogens with two attached hydrogens (primary N) is 1. The predicted molar refractivity (Wildman–Crippen MR) is 71.9 cm³/mol. The molecule has 0 aromatic rings. The van der Waals surface area contributed by atoms with Gasteiger partial charge < -0.3 is 51.3 Å². The van der Waals surface area contributed by atoms with Crippen LogP contribution in [0, 0.1) is 0 Å². The van der Waals surface area contributed by atoms with E-state index in [9.17, 15) is 35.4 Å². The molecule has 0 spiro atoms. The van der Waals surface area contributed by atoms with Crippen LogP contribution in [0.25, 0.3) is 0 Å². The molecule has 1 unspecified atom stereocenters. The number of ketones is 1. The Bertz CT molecular complexity index is 394. The highest BCUT2D eigenvalue weighted by Gasteiger charge is 2.48. The summed E-state index contributed by atoms with van der Waals surface area (Å²) in [6.45, 7) is -1.64. The second-order valence-electron chi connectivity index (χ2n) is 5.41. The first kappa shape index (κ1) is 20.3. The monoisotopic (exact) mass is 341 g/mol. The van der Waals surface area contributed by atoms with Crippen molar-refractivity contribution < 1.29 is 50.4 Å². The fourth-order valence-corrected chi connectivity index (χ4v) is 2.24. The number of aliphatic hydroxyl groups is 8. The molecule has 10 N–H and O–H groups in total. The van der Waals surface area contributed by atoms with E-state index in [0.717, 1.165) is 0 Å². The van der Waals surface area contributed by atoms with Crippen LogP contribution in [0.4, 0.5) is 0 Å². The van der Waals surface area contributed by atoms with Crippen molar-refractivity contribution in [2.45, 2.75) is 54.9 Å². The zero-order chi connectivity index (χ0) is 17.9. The molecule has 1 aliphatic heterocycles. The quantitative estimate of drug-likeness (QED) is 0.212. The molecule has 0 bridgehead atoms. The smallest absolute Gasteiger partial charge is 0.183 e. The number of aliphatic hydroxyl groups excluding tert-OH is 8. The summed E-state index contributed by atoms with van der Waals surface area (Å²) >= 11 is 0. The number of hydrogen-bond donors (Lipinski definition) is 9. The maximum absolute atomic E-state index is 12.2. The first-order valence-electron chi connectivity index (χ1n) is 6.92. The van der Waals surface area contributed by atoms with Crippen molar-refractivity contribution in [2.24, 2.45) is 5.73 Å². The molecule has 1 fully saturated rings. The molecule has 0 amide bonds. The zero-order valence-electron chi connectivity index (χ0n) is 12.1. The van der Waals surface area contributed by atoms with Gasteiger partial charge in [-0.2, -0.15) is 0 Å². The minimum atomic E-state index is -1.99. The van der Waals surface area contributed by atoms with E-state index in [1.54, 1.807) is 0 Å². The van der Waals surface area contributed by atoms with E-state index in [2.05, 4.69) is 0 Å². The Balaban J connectivity index is 2.85. The van der Waals surface area contributed by atoms with E-state index in [1.165, 1.54) is 0 Å². The largest absolute Gasteiger partial charge is 0.394 e. The van der Waals surface area contributed by atoms with Gasteiger partial charge in [-0.15, -0.1) is 0 Å². The molecule has 1 rings (SSSR count). The van der Waals surface area contributed by atoms with Crippen molar-refractivity contribution in [3.05, 3.63) is 0 Å². The third-order valence-electron chi connectivity index (χ3n) is 3.80. The Kier molecular flexibility index (Phi) is 7.41. The third-order valence-corrected chi connectivity index (χ3v) is 3.80. The summed E-state index contributed by atoms with van der Waals surface area (Å²) in [5.74, 6) is -1.13. The lowest BCUT2D eigenvalue weighted by atomic mass is 9.88. The number of carbonyl (C=O) groups excluding carboxylic acids is 1. The second kappa shape index (κ2) is 8.39. The van der Waals surface area contributed by atoms with E-state index < -0.39 is 73.9 Å². The Labute approximate surface area is 131 Å². The molecule has 0 saturated carbocycles. The third kappa shape index (κ3) is 4.22. The molecule has 0 aliphatic carbocycles. The second-order valence-corrected chi connectivity index (χ2v) is 5.41. The minimum absolute atomic E-state index is 0.752. The number of ether oxygens (including phenoxy) is 1. The number of Topliss-reactive ketones (excluding diaryl/α,β-unsaturated/α-hetero) is 1. The topological polar surface area (TPSA) is 214 Å². The number of rotatable bonds is 7. The molecule has 9 atom stereocenters. The summed E-state index contributed by atoms with van der Waals surface area (Å²) < 4.78 is 4.99. The number of carbonyl (C=O) groups is 1. The van der Waals surface area contributed by atoms with Gasteiger partial charge in [-0.25, -0.2) is 0 Å². The van der Waals surface area contributed by atoms with Crippen molar-refractivity contribution in [2.75, 3.05) is 13.2 Å². The van der Waals surface area contributed by atoms with Gasteiger partial charge in [0.25, 0.3) is 0 Å². The van der Waals surface area contributed by atoms with Crippen LogP contribution in [-0.2, 0) is 9.53 Å². The Morgan fingerprint density at radius 2 is 1.57 bits per heavy atom. The van der Waals surface area contributed by atoms with E-state index in [1.807, 2.05) is 0 Å². The van der Waals surface area contributed by atoms with Crippen molar-refractivity contribution >= 4 is 5.78 Å². The van der Waals surface area contributed by atoms with Gasteiger partial charge in [0.1, 0.15) is 48.8 Å². The molecule has 0 aromatic carbocycles. The minimum Gasteiger partial charge on any atom is -0.394 e. The highest BCUT2D eigenvalue weighted by atomic mass is 16.5. The first-order chi connectivity index (χ1) is 10.7. The summed E-state index contributed by atoms with van der Waals surface area (Å²) in [4.78, 5) is 12.2. The molecule has 1 heterocycles. The molecular weight excluding hydrogens is 318 g/mol. The molecular formula is C12H23NO10. The molecule has 1 saturated heterocycles. The highest BCUT2D eigenvalue weighted by Crippen LogP contribution is 2.23. The normalized spacial score (nSPS) is 37.0. The lowest BCUT2D eigenvalue weighted by Crippen LogP contribution is -2.64. The van der Waals surface area contributed by atoms with Gasteiger partial charge in [0.2, 0.25) is 0 Å². The molecule has 23 heavy (non-hydrogen) atoms. The van der Waals surface area contributed by atoms with Gasteiger partial charge in [0.05, 0.1) is 19.3 Å². The zero-order valence-corrected chi connectivity index (χ0v) is 12.1. The summed E-state index contributed by atoms with van der Waals surface area (Å²) in [6, 6.07) is -1.83. The maximum Gasteiger partial charge on any atom is 0.183 e. The highest BCUT2D eigenvalue weighted by molar-refractivity contribution is 5.89. The van der Waals surface area contributed by atoms with Crippen LogP contribution < -0.4 is 5.73 Å². The Morgan fingerprint density at radius 3 is 2.04 bits per heavy atom. The van der Waals surface area contributed by atoms with Crippen molar-refractivity contribution in [1.29, 1.82) is 0 Å². The molecule has 0 aromatic heterocycles. The Morgan fingerprint density at radius 1 is 1.00 bits per heavy atom. The van der Waals surface area contributed by atoms with Crippen molar-refractivity contribution in [3.8, 4) is 0 Å². The summed E-state index contributed by atoms with van der Waals surface area (Å²) in [7, 11) is 0. The Hall–Kier alpha value is -0.730. The fraction of sp³-hybridized carbons (Fsp3) is 0.917. The standard InChI is InChI=1S/C12H23NO10/c13-5(8(19)6(17)3(16)1-14)9(20)12-11(22)10(21)7(18)4(2-15)23-12/h3-8,10-12,14-19,21-22H,1-2,13H2/t3-,4-,5-,6-,7+,8-,10+,11-,12?/m1/s1. The van der Waals surface area contributed by atoms with Gasteiger partial charge in [0, 0.05) is 0 Å². The summed E-state index contributed by atoms with van der Waals surface area (Å²) in [6.07, 6.45) is -14.1. The molecule has 11 nitrogen and oxygen atoms in total. The van der Waals surface area contributed by atoms with Crippen LogP contribution in [0.5, 0.6) is 0 Å². The summed E-state index contributed by atoms with van der Waals surface area (Å²) in [5.41, 5.74) is 5.46. The van der Waals surface area contributed by atoms with Gasteiger partial charge in [0.15, 0.2) is 5.78 Å². The van der Waals surface area contributed by atoms with Crippen molar-refractivity contribution in [3.63, 3.8) is 0 Å². The van der Waals surface area contributed by atoms with E-state index in [0.29, 0.717) is 0 Å². The fourth-order valence-electron chi connectivity index (χ4n) is 2.24. The van der Waals surface area contributed by atoms with E-state index in [-0.39, 0.29) is 0 Å². The van der Waals surface area contributed by atoms with Crippen LogP contribution in [0.1, 0.15) is 0 Å². The van der Waals surface area contributed by atoms with Gasteiger partial charge in [-0.3, -0.25) is 4.79 Å². The molecule has 0 radical (unpaired) electrons. The lowest BCUT2D eigenvalue weighted by molar-refractivity contribution is -0.227. The van der Waals surface area contributed by atoms with Crippen LogP contribution in [-0.4, -0.2) is 115 Å². The molecule has 1 aliphatic rings. The average Bonchev–Trinajstić information content (AvgIpc) is 2.56. The molecule has 11 heteroatoms. The van der Waals surface area contributed by atoms with Crippen LogP contribution >= 0.6 is 0 Å². The van der Waals surface area contributed by atoms with Crippen LogP contribution in [0.2, 0.25) is 0 Å². The number of hydrogen-bond acceptors (Lipinski definition) is 11. The lowest BCUT2D eigenvalue weighted by Gasteiger charge is -2.40. The van der Waals surface area contributed by atoms with Crippen LogP contribution in [0.3, 0.4) is 0 Å².